The van der Waals surface area contributed by atoms with Crippen molar-refractivity contribution in [3.63, 3.8) is 0 Å². The van der Waals surface area contributed by atoms with Crippen LogP contribution in [0.1, 0.15) is 18.9 Å². The number of carbonyl (C=O) groups excluding carboxylic acids is 1. The Bertz CT molecular complexity index is 858. The molecular weight excluding hydrogens is 382 g/mol. The van der Waals surface area contributed by atoms with E-state index in [0.717, 1.165) is 25.2 Å². The van der Waals surface area contributed by atoms with Gasteiger partial charge in [-0.1, -0.05) is 13.0 Å². The number of carbonyl (C=O) groups is 1. The first-order valence-electron chi connectivity index (χ1n) is 9.12. The minimum atomic E-state index is -3.54. The number of nitrogens with one attached hydrogen (secondary N) is 1. The number of amides is 1. The zero-order valence-electron chi connectivity index (χ0n) is 15.4. The van der Waals surface area contributed by atoms with Gasteiger partial charge in [0.05, 0.1) is 4.90 Å². The normalized spacial score (nSPS) is 16.3. The molecule has 1 N–H and O–H groups in total. The van der Waals surface area contributed by atoms with Crippen LogP contribution in [0.5, 0.6) is 0 Å². The Hall–Kier alpha value is -1.74. The third kappa shape index (κ3) is 5.16. The third-order valence-electron chi connectivity index (χ3n) is 4.75. The molecule has 1 aliphatic heterocycles. The van der Waals surface area contributed by atoms with E-state index in [1.807, 2.05) is 16.8 Å². The Kier molecular flexibility index (Phi) is 6.64. The van der Waals surface area contributed by atoms with Crippen LogP contribution < -0.4 is 5.32 Å². The number of rotatable bonds is 7. The molecule has 1 fully saturated rings. The second kappa shape index (κ2) is 8.97. The van der Waals surface area contributed by atoms with Crippen LogP contribution in [-0.4, -0.2) is 56.3 Å². The molecule has 27 heavy (non-hydrogen) atoms. The summed E-state index contributed by atoms with van der Waals surface area (Å²) < 4.78 is 27.3. The zero-order valence-corrected chi connectivity index (χ0v) is 17.1. The Labute approximate surface area is 164 Å². The van der Waals surface area contributed by atoms with Gasteiger partial charge in [0.25, 0.3) is 0 Å². The van der Waals surface area contributed by atoms with Crippen LogP contribution in [0.2, 0.25) is 0 Å². The van der Waals surface area contributed by atoms with Crippen LogP contribution in [0, 0.1) is 0 Å². The van der Waals surface area contributed by atoms with Crippen molar-refractivity contribution >= 4 is 33.0 Å². The van der Waals surface area contributed by atoms with Crippen molar-refractivity contribution in [1.82, 2.24) is 9.21 Å². The molecular formula is C19H25N3O3S2. The summed E-state index contributed by atoms with van der Waals surface area (Å²) in [5.74, 6) is -0.118. The number of likely N-dealkylation sites (N-methyl/N-ethyl adjacent to an activating group) is 1. The number of piperazine rings is 1. The van der Waals surface area contributed by atoms with Crippen LogP contribution in [-0.2, 0) is 21.2 Å². The van der Waals surface area contributed by atoms with Gasteiger partial charge in [0.15, 0.2) is 0 Å². The third-order valence-corrected chi connectivity index (χ3v) is 7.38. The lowest BCUT2D eigenvalue weighted by Gasteiger charge is -2.33. The van der Waals surface area contributed by atoms with Crippen molar-refractivity contribution in [2.75, 3.05) is 38.0 Å². The number of thiophene rings is 1. The van der Waals surface area contributed by atoms with E-state index in [4.69, 9.17) is 0 Å². The van der Waals surface area contributed by atoms with E-state index in [9.17, 15) is 13.2 Å². The van der Waals surface area contributed by atoms with E-state index in [1.165, 1.54) is 4.31 Å². The van der Waals surface area contributed by atoms with Gasteiger partial charge in [0.2, 0.25) is 15.9 Å². The summed E-state index contributed by atoms with van der Waals surface area (Å²) >= 11 is 1.61. The molecule has 0 bridgehead atoms. The van der Waals surface area contributed by atoms with Gasteiger partial charge in [-0.25, -0.2) is 8.42 Å². The van der Waals surface area contributed by atoms with E-state index in [1.54, 1.807) is 35.6 Å². The molecule has 3 rings (SSSR count). The first-order chi connectivity index (χ1) is 13.0. The first-order valence-corrected chi connectivity index (χ1v) is 11.5. The van der Waals surface area contributed by atoms with E-state index in [-0.39, 0.29) is 10.8 Å². The van der Waals surface area contributed by atoms with Gasteiger partial charge in [0, 0.05) is 38.3 Å². The number of sulfonamides is 1. The highest BCUT2D eigenvalue weighted by molar-refractivity contribution is 7.89. The number of benzene rings is 1. The molecule has 0 atom stereocenters. The fraction of sp³-hybridized carbons (Fsp3) is 0.421. The number of nitrogens with zero attached hydrogens (tertiary/aromatic N) is 2. The Morgan fingerprint density at radius 3 is 2.63 bits per heavy atom. The van der Waals surface area contributed by atoms with Gasteiger partial charge in [0.1, 0.15) is 0 Å². The molecule has 0 spiro atoms. The SMILES string of the molecule is CCN1CCN(S(=O)(=O)c2cccc(NC(=O)CCc3ccsc3)c2)CC1. The lowest BCUT2D eigenvalue weighted by atomic mass is 10.2. The summed E-state index contributed by atoms with van der Waals surface area (Å²) in [6.07, 6.45) is 1.04. The average molecular weight is 408 g/mol. The van der Waals surface area contributed by atoms with Gasteiger partial charge in [-0.05, 0) is 53.6 Å². The van der Waals surface area contributed by atoms with Crippen molar-refractivity contribution in [1.29, 1.82) is 0 Å². The fourth-order valence-corrected chi connectivity index (χ4v) is 5.26. The summed E-state index contributed by atoms with van der Waals surface area (Å²) in [6, 6.07) is 8.52. The molecule has 6 nitrogen and oxygen atoms in total. The molecule has 0 unspecified atom stereocenters. The topological polar surface area (TPSA) is 69.7 Å². The standard InChI is InChI=1S/C19H25N3O3S2/c1-2-21-9-11-22(12-10-21)27(24,25)18-5-3-4-17(14-18)20-19(23)7-6-16-8-13-26-15-16/h3-5,8,13-15H,2,6-7,9-12H2,1H3,(H,20,23). The number of aryl methyl sites for hydroxylation is 1. The van der Waals surface area contributed by atoms with Crippen molar-refractivity contribution < 1.29 is 13.2 Å². The summed E-state index contributed by atoms with van der Waals surface area (Å²) in [5.41, 5.74) is 1.65. The van der Waals surface area contributed by atoms with Gasteiger partial charge < -0.3 is 10.2 Å². The molecule has 0 saturated carbocycles. The van der Waals surface area contributed by atoms with Gasteiger partial charge in [-0.15, -0.1) is 0 Å². The van der Waals surface area contributed by atoms with E-state index < -0.39 is 10.0 Å². The van der Waals surface area contributed by atoms with E-state index >= 15 is 0 Å². The van der Waals surface area contributed by atoms with Crippen molar-refractivity contribution in [2.45, 2.75) is 24.7 Å². The quantitative estimate of drug-likeness (QED) is 0.766. The minimum Gasteiger partial charge on any atom is -0.326 e. The summed E-state index contributed by atoms with van der Waals surface area (Å²) in [6.45, 7) is 5.49. The molecule has 1 saturated heterocycles. The minimum absolute atomic E-state index is 0.118. The molecule has 1 aliphatic rings. The summed E-state index contributed by atoms with van der Waals surface area (Å²) in [7, 11) is -3.54. The molecule has 0 aliphatic carbocycles. The van der Waals surface area contributed by atoms with Crippen LogP contribution in [0.25, 0.3) is 0 Å². The zero-order chi connectivity index (χ0) is 19.3. The van der Waals surface area contributed by atoms with Gasteiger partial charge in [-0.3, -0.25) is 4.79 Å². The predicted molar refractivity (Wildman–Crippen MR) is 109 cm³/mol. The summed E-state index contributed by atoms with van der Waals surface area (Å²) in [5, 5.41) is 6.82. The molecule has 146 valence electrons. The van der Waals surface area contributed by atoms with Crippen molar-refractivity contribution in [2.24, 2.45) is 0 Å². The molecule has 1 amide bonds. The Morgan fingerprint density at radius 2 is 1.96 bits per heavy atom. The maximum absolute atomic E-state index is 12.9. The highest BCUT2D eigenvalue weighted by Crippen LogP contribution is 2.21. The second-order valence-electron chi connectivity index (χ2n) is 6.55. The van der Waals surface area contributed by atoms with Crippen LogP contribution in [0.15, 0.2) is 46.0 Å². The largest absolute Gasteiger partial charge is 0.326 e. The van der Waals surface area contributed by atoms with Gasteiger partial charge in [-0.2, -0.15) is 15.6 Å². The number of hydrogen-bond donors (Lipinski definition) is 1. The lowest BCUT2D eigenvalue weighted by Crippen LogP contribution is -2.48. The smallest absolute Gasteiger partial charge is 0.243 e. The highest BCUT2D eigenvalue weighted by Gasteiger charge is 2.28. The lowest BCUT2D eigenvalue weighted by molar-refractivity contribution is -0.116. The fourth-order valence-electron chi connectivity index (χ4n) is 3.09. The maximum Gasteiger partial charge on any atom is 0.243 e. The monoisotopic (exact) mass is 407 g/mol. The van der Waals surface area contributed by atoms with Crippen LogP contribution in [0.3, 0.4) is 0 Å². The van der Waals surface area contributed by atoms with E-state index in [2.05, 4.69) is 17.1 Å². The second-order valence-corrected chi connectivity index (χ2v) is 9.26. The molecule has 2 heterocycles. The molecule has 1 aromatic heterocycles. The van der Waals surface area contributed by atoms with Crippen molar-refractivity contribution in [3.8, 4) is 0 Å². The van der Waals surface area contributed by atoms with E-state index in [0.29, 0.717) is 31.6 Å². The summed E-state index contributed by atoms with van der Waals surface area (Å²) in [4.78, 5) is 14.6. The molecule has 0 radical (unpaired) electrons. The Balaban J connectivity index is 1.63. The first kappa shape index (κ1) is 20.0. The number of anilines is 1. The van der Waals surface area contributed by atoms with Crippen LogP contribution in [0.4, 0.5) is 5.69 Å². The predicted octanol–water partition coefficient (Wildman–Crippen LogP) is 2.65. The van der Waals surface area contributed by atoms with Gasteiger partial charge >= 0.3 is 0 Å². The average Bonchev–Trinajstić information content (AvgIpc) is 3.20. The highest BCUT2D eigenvalue weighted by atomic mass is 32.2. The molecule has 2 aromatic rings. The Morgan fingerprint density at radius 1 is 1.19 bits per heavy atom. The maximum atomic E-state index is 12.9. The number of hydrogen-bond acceptors (Lipinski definition) is 5. The van der Waals surface area contributed by atoms with Crippen LogP contribution >= 0.6 is 11.3 Å². The molecule has 8 heteroatoms. The van der Waals surface area contributed by atoms with Crippen molar-refractivity contribution in [3.05, 3.63) is 46.7 Å². The molecule has 1 aromatic carbocycles.